The number of carboxylic acid groups (broad SMARTS) is 2. The average molecular weight is 1220 g/mol. The van der Waals surface area contributed by atoms with Crippen LogP contribution in [0.4, 0.5) is 0 Å². The maximum absolute atomic E-state index is 15.1. The van der Waals surface area contributed by atoms with E-state index in [4.69, 9.17) is 5.73 Å². The first kappa shape index (κ1) is 67.1. The molecule has 9 unspecified atom stereocenters. The van der Waals surface area contributed by atoms with Gasteiger partial charge in [0.25, 0.3) is 0 Å². The summed E-state index contributed by atoms with van der Waals surface area (Å²) in [5.41, 5.74) is 10.2. The Bertz CT molecular complexity index is 3390. The number of carboxylic acids is 2. The number of para-hydroxylation sites is 2. The van der Waals surface area contributed by atoms with Crippen molar-refractivity contribution in [2.45, 2.75) is 154 Å². The van der Waals surface area contributed by atoms with Crippen LogP contribution in [0, 0.1) is 17.8 Å². The lowest BCUT2D eigenvalue weighted by atomic mass is 9.99. The molecule has 474 valence electrons. The number of H-pyrrole nitrogens is 2. The maximum atomic E-state index is 15.1. The van der Waals surface area contributed by atoms with Crippen molar-refractivity contribution in [3.05, 3.63) is 144 Å². The van der Waals surface area contributed by atoms with Crippen LogP contribution in [0.5, 0.6) is 0 Å². The minimum atomic E-state index is -1.87. The molecule has 23 nitrogen and oxygen atoms in total. The van der Waals surface area contributed by atoms with E-state index < -0.39 is 126 Å². The van der Waals surface area contributed by atoms with Gasteiger partial charge in [-0.25, -0.2) is 4.79 Å². The van der Waals surface area contributed by atoms with Crippen LogP contribution in [0.3, 0.4) is 0 Å². The number of benzene rings is 4. The van der Waals surface area contributed by atoms with E-state index in [9.17, 15) is 53.4 Å². The molecular weight excluding hydrogens is 1140 g/mol. The van der Waals surface area contributed by atoms with Crippen LogP contribution in [-0.4, -0.2) is 145 Å². The van der Waals surface area contributed by atoms with Crippen molar-refractivity contribution in [3.8, 4) is 0 Å². The second-order valence-corrected chi connectivity index (χ2v) is 24.1. The van der Waals surface area contributed by atoms with Gasteiger partial charge in [-0.1, -0.05) is 139 Å². The lowest BCUT2D eigenvalue weighted by Crippen LogP contribution is -2.61. The maximum Gasteiger partial charge on any atom is 0.326 e. The van der Waals surface area contributed by atoms with Crippen molar-refractivity contribution < 1.29 is 58.2 Å². The summed E-state index contributed by atoms with van der Waals surface area (Å²) in [4.78, 5) is 148. The molecule has 1 aliphatic rings. The predicted molar refractivity (Wildman–Crippen MR) is 334 cm³/mol. The van der Waals surface area contributed by atoms with Crippen molar-refractivity contribution in [3.63, 3.8) is 0 Å². The molecule has 8 amide bonds. The van der Waals surface area contributed by atoms with Crippen molar-refractivity contribution in [2.24, 2.45) is 23.5 Å². The number of aliphatic carboxylic acids is 2. The highest BCUT2D eigenvalue weighted by Crippen LogP contribution is 2.23. The van der Waals surface area contributed by atoms with E-state index in [1.54, 1.807) is 68.4 Å². The van der Waals surface area contributed by atoms with Crippen LogP contribution in [0.15, 0.2) is 121 Å². The van der Waals surface area contributed by atoms with Gasteiger partial charge in [-0.15, -0.1) is 0 Å². The number of likely N-dealkylation sites (tertiary alicyclic amines) is 1. The Morgan fingerprint density at radius 2 is 0.933 bits per heavy atom. The highest BCUT2D eigenvalue weighted by molar-refractivity contribution is 5.99. The third-order valence-corrected chi connectivity index (χ3v) is 15.6. The molecule has 89 heavy (non-hydrogen) atoms. The Hall–Kier alpha value is -9.38. The lowest BCUT2D eigenvalue weighted by Gasteiger charge is -2.31. The van der Waals surface area contributed by atoms with Crippen molar-refractivity contribution in [1.82, 2.24) is 52.1 Å². The number of carbonyl (C=O) groups is 10. The van der Waals surface area contributed by atoms with Crippen molar-refractivity contribution >= 4 is 81.0 Å². The van der Waals surface area contributed by atoms with Crippen LogP contribution < -0.4 is 43.0 Å². The Morgan fingerprint density at radius 3 is 1.44 bits per heavy atom. The summed E-state index contributed by atoms with van der Waals surface area (Å²) >= 11 is 0. The highest BCUT2D eigenvalue weighted by Gasteiger charge is 2.41. The van der Waals surface area contributed by atoms with Crippen LogP contribution >= 0.6 is 0 Å². The standard InChI is InChI=1S/C66H83N11O12/c1-37(2)28-49(70-58(80)46(67)30-40-18-9-7-10-19-40)59(81)71-50(29-38(3)4)60(82)72-52(34-44-32-42-22-13-15-24-47(42)68-44)61(83)73-53(36-56(78)79)62(84)75-54(35-45-33-43-23-14-16-25-48(43)69-45)65(87)77-27-17-26-55(77)64(86)74-51(31-41-20-11-8-12-21-41)63(85)76-57(39(5)6)66(88)89/h7-16,18-25,32-33,37-39,46,49-55,57,68-69H,17,26-31,34-36,67H2,1-6H3,(H,70,80)(H,71,81)(H,72,82)(H,73,83)(H,74,86)(H,75,84)(H,76,85)(H,78,79)(H,88,89). The molecule has 0 bridgehead atoms. The van der Waals surface area contributed by atoms with Crippen LogP contribution in [0.25, 0.3) is 21.8 Å². The van der Waals surface area contributed by atoms with Crippen LogP contribution in [-0.2, 0) is 73.6 Å². The monoisotopic (exact) mass is 1220 g/mol. The van der Waals surface area contributed by atoms with E-state index >= 15 is 4.79 Å². The van der Waals surface area contributed by atoms with E-state index in [2.05, 4.69) is 47.2 Å². The molecule has 6 aromatic rings. The zero-order valence-electron chi connectivity index (χ0n) is 51.0. The Labute approximate surface area is 516 Å². The molecule has 7 rings (SSSR count). The normalized spacial score (nSPS) is 15.9. The molecule has 4 aromatic carbocycles. The molecule has 13 N–H and O–H groups in total. The van der Waals surface area contributed by atoms with Gasteiger partial charge in [0, 0.05) is 48.2 Å². The smallest absolute Gasteiger partial charge is 0.326 e. The first-order valence-electron chi connectivity index (χ1n) is 30.3. The molecule has 23 heteroatoms. The van der Waals surface area contributed by atoms with Gasteiger partial charge in [0.15, 0.2) is 0 Å². The fourth-order valence-electron chi connectivity index (χ4n) is 11.1. The fourth-order valence-corrected chi connectivity index (χ4v) is 11.1. The molecule has 0 saturated carbocycles. The zero-order chi connectivity index (χ0) is 64.5. The van der Waals surface area contributed by atoms with E-state index in [0.717, 1.165) is 16.3 Å². The van der Waals surface area contributed by atoms with E-state index in [1.165, 1.54) is 4.90 Å². The number of hydrogen-bond donors (Lipinski definition) is 12. The Morgan fingerprint density at radius 1 is 0.506 bits per heavy atom. The van der Waals surface area contributed by atoms with E-state index in [1.807, 2.05) is 94.4 Å². The summed E-state index contributed by atoms with van der Waals surface area (Å²) in [5.74, 6) is -9.86. The number of nitrogens with two attached hydrogens (primary N) is 1. The van der Waals surface area contributed by atoms with Gasteiger partial charge in [0.2, 0.25) is 47.3 Å². The van der Waals surface area contributed by atoms with E-state index in [-0.39, 0.29) is 63.3 Å². The topological polar surface area (TPSA) is 356 Å². The third-order valence-electron chi connectivity index (χ3n) is 15.6. The van der Waals surface area contributed by atoms with E-state index in [0.29, 0.717) is 34.4 Å². The largest absolute Gasteiger partial charge is 0.481 e. The minimum absolute atomic E-state index is 0.0213. The third kappa shape index (κ3) is 19.3. The van der Waals surface area contributed by atoms with Gasteiger partial charge < -0.3 is 68.0 Å². The molecule has 3 heterocycles. The second kappa shape index (κ2) is 31.5. The van der Waals surface area contributed by atoms with Gasteiger partial charge >= 0.3 is 11.9 Å². The molecule has 0 aliphatic carbocycles. The molecule has 2 aromatic heterocycles. The molecule has 9 atom stereocenters. The van der Waals surface area contributed by atoms with Crippen molar-refractivity contribution in [1.29, 1.82) is 0 Å². The molecule has 1 aliphatic heterocycles. The highest BCUT2D eigenvalue weighted by atomic mass is 16.4. The molecular formula is C66H83N11O12. The number of nitrogens with zero attached hydrogens (tertiary/aromatic N) is 1. The first-order valence-corrected chi connectivity index (χ1v) is 30.3. The second-order valence-electron chi connectivity index (χ2n) is 24.1. The summed E-state index contributed by atoms with van der Waals surface area (Å²) in [5, 5.41) is 40.7. The summed E-state index contributed by atoms with van der Waals surface area (Å²) in [6.07, 6.45) is -0.456. The average Bonchev–Trinajstić information content (AvgIpc) is 3.57. The van der Waals surface area contributed by atoms with Crippen molar-refractivity contribution in [2.75, 3.05) is 6.54 Å². The number of amides is 8. The number of rotatable bonds is 31. The van der Waals surface area contributed by atoms with Crippen LogP contribution in [0.2, 0.25) is 0 Å². The predicted octanol–water partition coefficient (Wildman–Crippen LogP) is 3.94. The summed E-state index contributed by atoms with van der Waals surface area (Å²) < 4.78 is 0. The number of hydrogen-bond acceptors (Lipinski definition) is 11. The number of aromatic amines is 2. The first-order chi connectivity index (χ1) is 42.4. The van der Waals surface area contributed by atoms with Gasteiger partial charge in [-0.3, -0.25) is 43.2 Å². The molecule has 0 radical (unpaired) electrons. The minimum Gasteiger partial charge on any atom is -0.481 e. The summed E-state index contributed by atoms with van der Waals surface area (Å²) in [7, 11) is 0. The SMILES string of the molecule is CC(C)CC(NC(=O)C(N)Cc1ccccc1)C(=O)NC(CC(C)C)C(=O)NC(Cc1cc2ccccc2[nH]1)C(=O)NC(CC(=O)O)C(=O)NC(Cc1cc2ccccc2[nH]1)C(=O)N1CCCC1C(=O)NC(Cc1ccccc1)C(=O)NC(C(=O)O)C(C)C. The zero-order valence-corrected chi connectivity index (χ0v) is 51.0. The Kier molecular flexibility index (Phi) is 23.8. The number of fused-ring (bicyclic) bond motifs is 2. The number of nitrogens with one attached hydrogen (secondary N) is 9. The molecule has 1 fully saturated rings. The molecule has 1 saturated heterocycles. The summed E-state index contributed by atoms with van der Waals surface area (Å²) in [6, 6.07) is 24.1. The quantitative estimate of drug-likeness (QED) is 0.0294. The fraction of sp³-hybridized carbons (Fsp3) is 0.424. The van der Waals surface area contributed by atoms with Crippen LogP contribution in [0.1, 0.15) is 96.2 Å². The van der Waals surface area contributed by atoms with Gasteiger partial charge in [0.05, 0.1) is 12.5 Å². The lowest BCUT2D eigenvalue weighted by molar-refractivity contribution is -0.145. The number of carbonyl (C=O) groups excluding carboxylic acids is 8. The summed E-state index contributed by atoms with van der Waals surface area (Å²) in [6.45, 7) is 10.7. The van der Waals surface area contributed by atoms with Gasteiger partial charge in [0.1, 0.15) is 48.3 Å². The Balaban J connectivity index is 1.14. The van der Waals surface area contributed by atoms with Gasteiger partial charge in [-0.2, -0.15) is 0 Å². The number of aromatic nitrogens is 2. The van der Waals surface area contributed by atoms with Gasteiger partial charge in [-0.05, 0) is 96.0 Å². The molecule has 0 spiro atoms.